The van der Waals surface area contributed by atoms with E-state index < -0.39 is 0 Å². The second kappa shape index (κ2) is 6.55. The summed E-state index contributed by atoms with van der Waals surface area (Å²) in [5.41, 5.74) is 6.19. The van der Waals surface area contributed by atoms with Gasteiger partial charge in [0.2, 0.25) is 0 Å². The second-order valence-electron chi connectivity index (χ2n) is 4.85. The van der Waals surface area contributed by atoms with Crippen molar-refractivity contribution in [2.24, 2.45) is 5.73 Å². The second-order valence-corrected chi connectivity index (χ2v) is 4.85. The normalized spacial score (nSPS) is 21.6. The van der Waals surface area contributed by atoms with Crippen molar-refractivity contribution in [3.8, 4) is 0 Å². The van der Waals surface area contributed by atoms with E-state index in [2.05, 4.69) is 23.9 Å². The standard InChI is InChI=1S/C12H27N3O/c1-4-16-10-9-15(3)12(11-13)5-7-14(2)8-6-12/h4-11,13H2,1-3H3. The predicted molar refractivity (Wildman–Crippen MR) is 67.6 cm³/mol. The first-order valence-corrected chi connectivity index (χ1v) is 6.32. The van der Waals surface area contributed by atoms with Gasteiger partial charge in [-0.25, -0.2) is 0 Å². The minimum atomic E-state index is 0.198. The third-order valence-corrected chi connectivity index (χ3v) is 3.88. The van der Waals surface area contributed by atoms with E-state index in [1.165, 1.54) is 12.8 Å². The van der Waals surface area contributed by atoms with E-state index in [0.717, 1.165) is 39.4 Å². The molecule has 0 spiro atoms. The van der Waals surface area contributed by atoms with Crippen LogP contribution in [0.25, 0.3) is 0 Å². The fraction of sp³-hybridized carbons (Fsp3) is 1.00. The lowest BCUT2D eigenvalue weighted by Gasteiger charge is -2.46. The molecule has 16 heavy (non-hydrogen) atoms. The van der Waals surface area contributed by atoms with Gasteiger partial charge in [-0.15, -0.1) is 0 Å². The average molecular weight is 229 g/mol. The van der Waals surface area contributed by atoms with Crippen molar-refractivity contribution >= 4 is 0 Å². The van der Waals surface area contributed by atoms with E-state index in [1.807, 2.05) is 6.92 Å². The van der Waals surface area contributed by atoms with Crippen LogP contribution in [0.2, 0.25) is 0 Å². The number of rotatable bonds is 6. The van der Waals surface area contributed by atoms with Crippen LogP contribution in [-0.4, -0.2) is 68.8 Å². The first-order chi connectivity index (χ1) is 7.64. The topological polar surface area (TPSA) is 41.7 Å². The maximum Gasteiger partial charge on any atom is 0.0593 e. The molecule has 1 heterocycles. The molecule has 1 fully saturated rings. The zero-order valence-corrected chi connectivity index (χ0v) is 11.0. The number of likely N-dealkylation sites (N-methyl/N-ethyl adjacent to an activating group) is 1. The number of nitrogens with zero attached hydrogens (tertiary/aromatic N) is 2. The van der Waals surface area contributed by atoms with Crippen LogP contribution in [0.4, 0.5) is 0 Å². The first-order valence-electron chi connectivity index (χ1n) is 6.32. The Bertz CT molecular complexity index is 191. The van der Waals surface area contributed by atoms with E-state index in [1.54, 1.807) is 0 Å². The third kappa shape index (κ3) is 3.42. The van der Waals surface area contributed by atoms with Gasteiger partial charge >= 0.3 is 0 Å². The average Bonchev–Trinajstić information content (AvgIpc) is 2.31. The molecule has 0 aromatic rings. The molecule has 0 amide bonds. The fourth-order valence-electron chi connectivity index (χ4n) is 2.36. The summed E-state index contributed by atoms with van der Waals surface area (Å²) in [6.45, 7) is 7.68. The molecule has 1 saturated heterocycles. The molecular formula is C12H27N3O. The largest absolute Gasteiger partial charge is 0.380 e. The van der Waals surface area contributed by atoms with Crippen molar-refractivity contribution in [3.63, 3.8) is 0 Å². The molecular weight excluding hydrogens is 202 g/mol. The minimum absolute atomic E-state index is 0.198. The Morgan fingerprint density at radius 3 is 2.50 bits per heavy atom. The highest BCUT2D eigenvalue weighted by molar-refractivity contribution is 4.94. The molecule has 4 heteroatoms. The summed E-state index contributed by atoms with van der Waals surface area (Å²) < 4.78 is 5.41. The molecule has 4 nitrogen and oxygen atoms in total. The maximum atomic E-state index is 5.99. The van der Waals surface area contributed by atoms with E-state index in [4.69, 9.17) is 10.5 Å². The summed E-state index contributed by atoms with van der Waals surface area (Å²) in [5.74, 6) is 0. The molecule has 0 bridgehead atoms. The molecule has 2 N–H and O–H groups in total. The Balaban J connectivity index is 2.44. The van der Waals surface area contributed by atoms with E-state index in [-0.39, 0.29) is 5.54 Å². The quantitative estimate of drug-likeness (QED) is 0.669. The van der Waals surface area contributed by atoms with E-state index >= 15 is 0 Å². The van der Waals surface area contributed by atoms with Crippen LogP contribution in [-0.2, 0) is 4.74 Å². The zero-order chi connectivity index (χ0) is 12.0. The summed E-state index contributed by atoms with van der Waals surface area (Å²) in [5, 5.41) is 0. The summed E-state index contributed by atoms with van der Waals surface area (Å²) in [6, 6.07) is 0. The predicted octanol–water partition coefficient (Wildman–Crippen LogP) is 0.378. The van der Waals surface area contributed by atoms with Gasteiger partial charge in [0.15, 0.2) is 0 Å². The van der Waals surface area contributed by atoms with Crippen molar-refractivity contribution < 1.29 is 4.74 Å². The van der Waals surface area contributed by atoms with Gasteiger partial charge in [-0.3, -0.25) is 4.90 Å². The van der Waals surface area contributed by atoms with E-state index in [9.17, 15) is 0 Å². The lowest BCUT2D eigenvalue weighted by atomic mass is 9.86. The van der Waals surface area contributed by atoms with Gasteiger partial charge < -0.3 is 15.4 Å². The molecule has 1 rings (SSSR count). The molecule has 0 atom stereocenters. The fourth-order valence-corrected chi connectivity index (χ4v) is 2.36. The van der Waals surface area contributed by atoms with Gasteiger partial charge in [0.25, 0.3) is 0 Å². The van der Waals surface area contributed by atoms with Gasteiger partial charge in [0, 0.05) is 25.2 Å². The highest BCUT2D eigenvalue weighted by atomic mass is 16.5. The monoisotopic (exact) mass is 229 g/mol. The highest BCUT2D eigenvalue weighted by Gasteiger charge is 2.35. The summed E-state index contributed by atoms with van der Waals surface area (Å²) in [7, 11) is 4.36. The van der Waals surface area contributed by atoms with E-state index in [0.29, 0.717) is 0 Å². The summed E-state index contributed by atoms with van der Waals surface area (Å²) in [4.78, 5) is 4.78. The Hall–Kier alpha value is -0.160. The first kappa shape index (κ1) is 13.9. The Labute approximate surface area is 99.7 Å². The molecule has 0 saturated carbocycles. The molecule has 0 aromatic heterocycles. The van der Waals surface area contributed by atoms with Gasteiger partial charge in [-0.05, 0) is 47.0 Å². The molecule has 0 aromatic carbocycles. The van der Waals surface area contributed by atoms with Crippen molar-refractivity contribution in [3.05, 3.63) is 0 Å². The third-order valence-electron chi connectivity index (χ3n) is 3.88. The van der Waals surface area contributed by atoms with Crippen LogP contribution in [0.15, 0.2) is 0 Å². The molecule has 96 valence electrons. The van der Waals surface area contributed by atoms with Gasteiger partial charge in [0.1, 0.15) is 0 Å². The lowest BCUT2D eigenvalue weighted by molar-refractivity contribution is 0.0285. The Morgan fingerprint density at radius 1 is 1.38 bits per heavy atom. The van der Waals surface area contributed by atoms with Crippen LogP contribution in [0.3, 0.4) is 0 Å². The Morgan fingerprint density at radius 2 is 2.00 bits per heavy atom. The SMILES string of the molecule is CCOCCN(C)C1(CN)CCN(C)CC1. The minimum Gasteiger partial charge on any atom is -0.380 e. The van der Waals surface area contributed by atoms with Crippen molar-refractivity contribution in [1.29, 1.82) is 0 Å². The molecule has 1 aliphatic heterocycles. The molecule has 0 unspecified atom stereocenters. The molecule has 0 aliphatic carbocycles. The van der Waals surface area contributed by atoms with Crippen LogP contribution < -0.4 is 5.73 Å². The van der Waals surface area contributed by atoms with Gasteiger partial charge in [-0.1, -0.05) is 0 Å². The number of nitrogens with two attached hydrogens (primary N) is 1. The molecule has 0 radical (unpaired) electrons. The van der Waals surface area contributed by atoms with Crippen molar-refractivity contribution in [2.75, 3.05) is 53.5 Å². The smallest absolute Gasteiger partial charge is 0.0593 e. The van der Waals surface area contributed by atoms with Gasteiger partial charge in [0.05, 0.1) is 6.61 Å². The van der Waals surface area contributed by atoms with Crippen LogP contribution in [0.1, 0.15) is 19.8 Å². The number of hydrogen-bond donors (Lipinski definition) is 1. The number of likely N-dealkylation sites (tertiary alicyclic amines) is 1. The van der Waals surface area contributed by atoms with Crippen molar-refractivity contribution in [2.45, 2.75) is 25.3 Å². The zero-order valence-electron chi connectivity index (χ0n) is 11.0. The molecule has 1 aliphatic rings. The number of ether oxygens (including phenoxy) is 1. The van der Waals surface area contributed by atoms with Crippen LogP contribution in [0, 0.1) is 0 Å². The Kier molecular flexibility index (Phi) is 5.69. The van der Waals surface area contributed by atoms with Crippen LogP contribution >= 0.6 is 0 Å². The lowest BCUT2D eigenvalue weighted by Crippen LogP contribution is -2.58. The number of hydrogen-bond acceptors (Lipinski definition) is 4. The number of piperidine rings is 1. The van der Waals surface area contributed by atoms with Crippen LogP contribution in [0.5, 0.6) is 0 Å². The summed E-state index contributed by atoms with van der Waals surface area (Å²) >= 11 is 0. The van der Waals surface area contributed by atoms with Gasteiger partial charge in [-0.2, -0.15) is 0 Å². The van der Waals surface area contributed by atoms with Crippen molar-refractivity contribution in [1.82, 2.24) is 9.80 Å². The summed E-state index contributed by atoms with van der Waals surface area (Å²) in [6.07, 6.45) is 2.34. The highest BCUT2D eigenvalue weighted by Crippen LogP contribution is 2.26. The maximum absolute atomic E-state index is 5.99.